The van der Waals surface area contributed by atoms with E-state index in [1.54, 1.807) is 0 Å². The van der Waals surface area contributed by atoms with Crippen LogP contribution in [-0.4, -0.2) is 7.11 Å². The third-order valence-electron chi connectivity index (χ3n) is 1.14. The van der Waals surface area contributed by atoms with Gasteiger partial charge in [0.2, 0.25) is 0 Å². The lowest BCUT2D eigenvalue weighted by Crippen LogP contribution is -1.84. The molecule has 0 aliphatic carbocycles. The van der Waals surface area contributed by atoms with Gasteiger partial charge in [-0.1, -0.05) is 0 Å². The Morgan fingerprint density at radius 3 is 2.70 bits per heavy atom. The van der Waals surface area contributed by atoms with Crippen LogP contribution in [0.4, 0.5) is 4.39 Å². The molecule has 0 heterocycles. The zero-order chi connectivity index (χ0) is 7.56. The number of halogens is 1. The molecule has 0 aliphatic heterocycles. The van der Waals surface area contributed by atoms with Gasteiger partial charge >= 0.3 is 0 Å². The first-order chi connectivity index (χ1) is 4.74. The summed E-state index contributed by atoms with van der Waals surface area (Å²) < 4.78 is 17.2. The summed E-state index contributed by atoms with van der Waals surface area (Å²) in [6.45, 7) is 0. The summed E-state index contributed by atoms with van der Waals surface area (Å²) in [6.07, 6.45) is 0. The van der Waals surface area contributed by atoms with E-state index < -0.39 is 0 Å². The quantitative estimate of drug-likeness (QED) is 0.616. The first-order valence-electron chi connectivity index (χ1n) is 2.76. The Balaban J connectivity index is 3.07. The third-order valence-corrected chi connectivity index (χ3v) is 1.49. The average molecular weight is 158 g/mol. The molecule has 0 aliphatic rings. The molecule has 0 atom stereocenters. The Morgan fingerprint density at radius 1 is 1.50 bits per heavy atom. The lowest BCUT2D eigenvalue weighted by Gasteiger charge is -2.01. The molecule has 54 valence electrons. The van der Waals surface area contributed by atoms with Crippen molar-refractivity contribution in [2.75, 3.05) is 7.11 Å². The van der Waals surface area contributed by atoms with Gasteiger partial charge in [-0.05, 0) is 18.2 Å². The minimum Gasteiger partial charge on any atom is -0.496 e. The van der Waals surface area contributed by atoms with Gasteiger partial charge in [0.25, 0.3) is 0 Å². The fourth-order valence-corrected chi connectivity index (χ4v) is 0.952. The molecule has 0 fully saturated rings. The van der Waals surface area contributed by atoms with Crippen molar-refractivity contribution in [2.24, 2.45) is 0 Å². The molecule has 0 saturated carbocycles. The largest absolute Gasteiger partial charge is 0.496 e. The van der Waals surface area contributed by atoms with Crippen molar-refractivity contribution < 1.29 is 9.13 Å². The van der Waals surface area contributed by atoms with Crippen LogP contribution in [0.15, 0.2) is 23.1 Å². The topological polar surface area (TPSA) is 9.23 Å². The molecule has 0 bridgehead atoms. The minimum absolute atomic E-state index is 0.300. The SMILES string of the molecule is COc1ccc(F)cc1S. The van der Waals surface area contributed by atoms with Gasteiger partial charge in [0, 0.05) is 4.90 Å². The molecular weight excluding hydrogens is 151 g/mol. The van der Waals surface area contributed by atoms with Crippen LogP contribution in [-0.2, 0) is 0 Å². The standard InChI is InChI=1S/C7H7FOS/c1-9-6-3-2-5(8)4-7(6)10/h2-4,10H,1H3. The second-order valence-electron chi connectivity index (χ2n) is 1.82. The predicted octanol–water partition coefficient (Wildman–Crippen LogP) is 2.12. The molecule has 0 aromatic heterocycles. The summed E-state index contributed by atoms with van der Waals surface area (Å²) >= 11 is 3.98. The number of benzene rings is 1. The van der Waals surface area contributed by atoms with Gasteiger partial charge in [-0.15, -0.1) is 12.6 Å². The second-order valence-corrected chi connectivity index (χ2v) is 2.30. The molecule has 0 saturated heterocycles. The Labute approximate surface area is 64.2 Å². The molecule has 0 unspecified atom stereocenters. The molecule has 1 aromatic rings. The average Bonchev–Trinajstić information content (AvgIpc) is 1.88. The van der Waals surface area contributed by atoms with Crippen molar-refractivity contribution in [2.45, 2.75) is 4.90 Å². The highest BCUT2D eigenvalue weighted by atomic mass is 32.1. The Bertz CT molecular complexity index is 237. The van der Waals surface area contributed by atoms with Crippen LogP contribution in [0.5, 0.6) is 5.75 Å². The van der Waals surface area contributed by atoms with Crippen molar-refractivity contribution in [3.05, 3.63) is 24.0 Å². The number of thiol groups is 1. The molecule has 10 heavy (non-hydrogen) atoms. The smallest absolute Gasteiger partial charge is 0.132 e. The van der Waals surface area contributed by atoms with Gasteiger partial charge < -0.3 is 4.74 Å². The number of hydrogen-bond donors (Lipinski definition) is 1. The molecule has 0 N–H and O–H groups in total. The lowest BCUT2D eigenvalue weighted by atomic mass is 10.3. The summed E-state index contributed by atoms with van der Waals surface area (Å²) in [5.41, 5.74) is 0. The van der Waals surface area contributed by atoms with E-state index in [0.717, 1.165) is 0 Å². The van der Waals surface area contributed by atoms with Crippen LogP contribution in [0.3, 0.4) is 0 Å². The Hall–Kier alpha value is -0.700. The van der Waals surface area contributed by atoms with E-state index in [1.807, 2.05) is 0 Å². The highest BCUT2D eigenvalue weighted by molar-refractivity contribution is 7.80. The van der Waals surface area contributed by atoms with Crippen molar-refractivity contribution in [3.8, 4) is 5.75 Å². The van der Waals surface area contributed by atoms with Crippen LogP contribution < -0.4 is 4.74 Å². The zero-order valence-corrected chi connectivity index (χ0v) is 6.36. The van der Waals surface area contributed by atoms with Gasteiger partial charge in [0.15, 0.2) is 0 Å². The molecule has 3 heteroatoms. The Morgan fingerprint density at radius 2 is 2.20 bits per heavy atom. The van der Waals surface area contributed by atoms with Gasteiger partial charge in [0.05, 0.1) is 7.11 Å². The first kappa shape index (κ1) is 7.41. The van der Waals surface area contributed by atoms with Crippen LogP contribution in [0.25, 0.3) is 0 Å². The normalized spacial score (nSPS) is 9.50. The van der Waals surface area contributed by atoms with Crippen LogP contribution in [0.2, 0.25) is 0 Å². The van der Waals surface area contributed by atoms with Crippen molar-refractivity contribution in [1.29, 1.82) is 0 Å². The highest BCUT2D eigenvalue weighted by Gasteiger charge is 1.97. The fraction of sp³-hybridized carbons (Fsp3) is 0.143. The van der Waals surface area contributed by atoms with E-state index in [0.29, 0.717) is 10.6 Å². The maximum absolute atomic E-state index is 12.4. The summed E-state index contributed by atoms with van der Waals surface area (Å²) in [6, 6.07) is 4.18. The monoisotopic (exact) mass is 158 g/mol. The maximum atomic E-state index is 12.4. The number of ether oxygens (including phenoxy) is 1. The van der Waals surface area contributed by atoms with Gasteiger partial charge in [-0.3, -0.25) is 0 Å². The maximum Gasteiger partial charge on any atom is 0.132 e. The van der Waals surface area contributed by atoms with Crippen LogP contribution in [0, 0.1) is 5.82 Å². The summed E-state index contributed by atoms with van der Waals surface area (Å²) in [5.74, 6) is 0.288. The third kappa shape index (κ3) is 1.42. The number of rotatable bonds is 1. The van der Waals surface area contributed by atoms with E-state index in [1.165, 1.54) is 25.3 Å². The molecular formula is C7H7FOS. The summed E-state index contributed by atoms with van der Waals surface area (Å²) in [5, 5.41) is 0. The second kappa shape index (κ2) is 2.92. The molecule has 0 spiro atoms. The molecule has 0 radical (unpaired) electrons. The van der Waals surface area contributed by atoms with E-state index in [2.05, 4.69) is 12.6 Å². The van der Waals surface area contributed by atoms with Crippen LogP contribution >= 0.6 is 12.6 Å². The molecule has 1 nitrogen and oxygen atoms in total. The van der Waals surface area contributed by atoms with Crippen LogP contribution in [0.1, 0.15) is 0 Å². The fourth-order valence-electron chi connectivity index (χ4n) is 0.663. The predicted molar refractivity (Wildman–Crippen MR) is 40.2 cm³/mol. The van der Waals surface area contributed by atoms with Gasteiger partial charge in [0.1, 0.15) is 11.6 Å². The molecule has 1 rings (SSSR count). The number of hydrogen-bond acceptors (Lipinski definition) is 2. The summed E-state index contributed by atoms with van der Waals surface area (Å²) in [4.78, 5) is 0.516. The Kier molecular flexibility index (Phi) is 2.17. The van der Waals surface area contributed by atoms with E-state index in [4.69, 9.17) is 4.74 Å². The highest BCUT2D eigenvalue weighted by Crippen LogP contribution is 2.21. The van der Waals surface area contributed by atoms with Crippen molar-refractivity contribution in [1.82, 2.24) is 0 Å². The van der Waals surface area contributed by atoms with Gasteiger partial charge in [-0.2, -0.15) is 0 Å². The summed E-state index contributed by atoms with van der Waals surface area (Å²) in [7, 11) is 1.52. The first-order valence-corrected chi connectivity index (χ1v) is 3.21. The number of methoxy groups -OCH3 is 1. The molecule has 0 amide bonds. The zero-order valence-electron chi connectivity index (χ0n) is 5.47. The van der Waals surface area contributed by atoms with Gasteiger partial charge in [-0.25, -0.2) is 4.39 Å². The van der Waals surface area contributed by atoms with E-state index >= 15 is 0 Å². The van der Waals surface area contributed by atoms with E-state index in [-0.39, 0.29) is 5.82 Å². The lowest BCUT2D eigenvalue weighted by molar-refractivity contribution is 0.403. The van der Waals surface area contributed by atoms with E-state index in [9.17, 15) is 4.39 Å². The minimum atomic E-state index is -0.300. The van der Waals surface area contributed by atoms with Crippen molar-refractivity contribution >= 4 is 12.6 Å². The molecule has 1 aromatic carbocycles. The van der Waals surface area contributed by atoms with Crippen molar-refractivity contribution in [3.63, 3.8) is 0 Å².